The quantitative estimate of drug-likeness (QED) is 0.572. The highest BCUT2D eigenvalue weighted by molar-refractivity contribution is 7.80. The summed E-state index contributed by atoms with van der Waals surface area (Å²) in [6.07, 6.45) is 2.16. The van der Waals surface area contributed by atoms with E-state index in [9.17, 15) is 4.79 Å². The second-order valence-corrected chi connectivity index (χ2v) is 5.09. The molecular formula is C14H20N4OS. The lowest BCUT2D eigenvalue weighted by atomic mass is 10.0. The Morgan fingerprint density at radius 2 is 2.15 bits per heavy atom. The average Bonchev–Trinajstić information content (AvgIpc) is 2.46. The first-order chi connectivity index (χ1) is 9.70. The van der Waals surface area contributed by atoms with Gasteiger partial charge in [-0.1, -0.05) is 18.2 Å². The van der Waals surface area contributed by atoms with Gasteiger partial charge in [0.1, 0.15) is 0 Å². The van der Waals surface area contributed by atoms with E-state index in [4.69, 9.17) is 12.2 Å². The summed E-state index contributed by atoms with van der Waals surface area (Å²) in [5.74, 6) is -0.0954. The molecule has 2 rings (SSSR count). The summed E-state index contributed by atoms with van der Waals surface area (Å²) in [5, 5.41) is 3.34. The van der Waals surface area contributed by atoms with Gasteiger partial charge in [-0.15, -0.1) is 0 Å². The van der Waals surface area contributed by atoms with Crippen molar-refractivity contribution in [1.29, 1.82) is 0 Å². The molecule has 5 nitrogen and oxygen atoms in total. The molecule has 0 radical (unpaired) electrons. The summed E-state index contributed by atoms with van der Waals surface area (Å²) in [7, 11) is 0. The Kier molecular flexibility index (Phi) is 5.17. The van der Waals surface area contributed by atoms with Crippen LogP contribution in [0.3, 0.4) is 0 Å². The highest BCUT2D eigenvalue weighted by Crippen LogP contribution is 2.25. The fraction of sp³-hybridized carbons (Fsp3) is 0.429. The van der Waals surface area contributed by atoms with E-state index in [0.717, 1.165) is 31.6 Å². The Morgan fingerprint density at radius 1 is 1.35 bits per heavy atom. The second kappa shape index (κ2) is 7.09. The van der Waals surface area contributed by atoms with Gasteiger partial charge in [0.2, 0.25) is 0 Å². The Balaban J connectivity index is 1.88. The van der Waals surface area contributed by atoms with Crippen molar-refractivity contribution in [2.24, 2.45) is 0 Å². The largest absolute Gasteiger partial charge is 0.362 e. The average molecular weight is 292 g/mol. The van der Waals surface area contributed by atoms with Gasteiger partial charge in [-0.2, -0.15) is 0 Å². The monoisotopic (exact) mass is 292 g/mol. The van der Waals surface area contributed by atoms with Crippen molar-refractivity contribution < 1.29 is 4.79 Å². The molecule has 1 aliphatic rings. The van der Waals surface area contributed by atoms with E-state index in [-0.39, 0.29) is 5.91 Å². The van der Waals surface area contributed by atoms with Crippen LogP contribution in [-0.2, 0) is 11.2 Å². The van der Waals surface area contributed by atoms with Crippen molar-refractivity contribution >= 4 is 28.9 Å². The van der Waals surface area contributed by atoms with Crippen molar-refractivity contribution in [2.45, 2.75) is 19.8 Å². The Labute approximate surface area is 124 Å². The Hall–Kier alpha value is -1.82. The zero-order valence-corrected chi connectivity index (χ0v) is 12.4. The zero-order chi connectivity index (χ0) is 14.4. The first kappa shape index (κ1) is 14.6. The van der Waals surface area contributed by atoms with Gasteiger partial charge in [0.15, 0.2) is 5.11 Å². The fourth-order valence-electron chi connectivity index (χ4n) is 2.32. The third-order valence-electron chi connectivity index (χ3n) is 3.19. The molecule has 6 heteroatoms. The Morgan fingerprint density at radius 3 is 2.95 bits per heavy atom. The van der Waals surface area contributed by atoms with Crippen LogP contribution in [0, 0.1) is 0 Å². The van der Waals surface area contributed by atoms with Crippen LogP contribution in [0.2, 0.25) is 0 Å². The number of anilines is 1. The molecule has 1 amide bonds. The molecule has 0 fully saturated rings. The van der Waals surface area contributed by atoms with Crippen LogP contribution >= 0.6 is 12.2 Å². The molecule has 0 spiro atoms. The van der Waals surface area contributed by atoms with E-state index < -0.39 is 0 Å². The van der Waals surface area contributed by atoms with E-state index in [1.807, 2.05) is 19.1 Å². The van der Waals surface area contributed by atoms with Gasteiger partial charge in [-0.05, 0) is 43.6 Å². The number of nitrogens with one attached hydrogen (secondary N) is 3. The molecule has 20 heavy (non-hydrogen) atoms. The van der Waals surface area contributed by atoms with Crippen LogP contribution in [0.15, 0.2) is 24.3 Å². The van der Waals surface area contributed by atoms with Crippen LogP contribution < -0.4 is 21.1 Å². The van der Waals surface area contributed by atoms with E-state index >= 15 is 0 Å². The summed E-state index contributed by atoms with van der Waals surface area (Å²) in [5.41, 5.74) is 7.77. The highest BCUT2D eigenvalue weighted by atomic mass is 32.1. The molecule has 108 valence electrons. The summed E-state index contributed by atoms with van der Waals surface area (Å²) in [4.78, 5) is 14.0. The molecule has 3 N–H and O–H groups in total. The van der Waals surface area contributed by atoms with Crippen LogP contribution in [0.5, 0.6) is 0 Å². The second-order valence-electron chi connectivity index (χ2n) is 4.69. The van der Waals surface area contributed by atoms with Crippen LogP contribution in [0.4, 0.5) is 5.69 Å². The predicted molar refractivity (Wildman–Crippen MR) is 84.5 cm³/mol. The number of carbonyl (C=O) groups excluding carboxylic acids is 1. The van der Waals surface area contributed by atoms with Crippen molar-refractivity contribution in [3.8, 4) is 0 Å². The standard InChI is InChI=1S/C14H20N4OS/c1-2-15-14(20)17-16-13(19)10-18-9-5-7-11-6-3-4-8-12(11)18/h3-4,6,8H,2,5,7,9-10H2,1H3,(H,16,19)(H2,15,17,20). The molecule has 0 saturated carbocycles. The normalized spacial score (nSPS) is 13.3. The van der Waals surface area contributed by atoms with Crippen molar-refractivity contribution in [1.82, 2.24) is 16.2 Å². The number of rotatable bonds is 3. The molecule has 1 aliphatic heterocycles. The maximum absolute atomic E-state index is 11.9. The Bertz CT molecular complexity index is 492. The van der Waals surface area contributed by atoms with Gasteiger partial charge in [0, 0.05) is 18.8 Å². The molecule has 1 aromatic carbocycles. The molecule has 0 aliphatic carbocycles. The van der Waals surface area contributed by atoms with E-state index in [0.29, 0.717) is 11.7 Å². The lowest BCUT2D eigenvalue weighted by molar-refractivity contribution is -0.120. The van der Waals surface area contributed by atoms with Crippen molar-refractivity contribution in [3.63, 3.8) is 0 Å². The van der Waals surface area contributed by atoms with Gasteiger partial charge in [0.05, 0.1) is 6.54 Å². The molecule has 0 unspecified atom stereocenters. The van der Waals surface area contributed by atoms with E-state index in [1.54, 1.807) is 0 Å². The number of thiocarbonyl (C=S) groups is 1. The highest BCUT2D eigenvalue weighted by Gasteiger charge is 2.18. The maximum atomic E-state index is 11.9. The summed E-state index contributed by atoms with van der Waals surface area (Å²) in [6.45, 7) is 3.91. The van der Waals surface area contributed by atoms with Crippen LogP contribution in [0.1, 0.15) is 18.9 Å². The lowest BCUT2D eigenvalue weighted by Gasteiger charge is -2.30. The minimum atomic E-state index is -0.0954. The molecule has 0 saturated heterocycles. The predicted octanol–water partition coefficient (Wildman–Crippen LogP) is 0.954. The van der Waals surface area contributed by atoms with Gasteiger partial charge < -0.3 is 10.2 Å². The molecule has 0 atom stereocenters. The molecule has 1 aromatic rings. The number of hydrogen-bond acceptors (Lipinski definition) is 3. The molecule has 1 heterocycles. The summed E-state index contributed by atoms with van der Waals surface area (Å²) in [6, 6.07) is 8.24. The first-order valence-corrected chi connectivity index (χ1v) is 7.27. The number of carbonyl (C=O) groups is 1. The van der Waals surface area contributed by atoms with Gasteiger partial charge in [-0.25, -0.2) is 0 Å². The van der Waals surface area contributed by atoms with Gasteiger partial charge >= 0.3 is 0 Å². The molecule has 0 aromatic heterocycles. The van der Waals surface area contributed by atoms with Gasteiger partial charge in [-0.3, -0.25) is 15.6 Å². The third kappa shape index (κ3) is 3.84. The topological polar surface area (TPSA) is 56.4 Å². The van der Waals surface area contributed by atoms with E-state index in [2.05, 4.69) is 33.2 Å². The third-order valence-corrected chi connectivity index (χ3v) is 3.44. The number of amides is 1. The zero-order valence-electron chi connectivity index (χ0n) is 11.6. The number of hydrazine groups is 1. The smallest absolute Gasteiger partial charge is 0.257 e. The summed E-state index contributed by atoms with van der Waals surface area (Å²) >= 11 is 4.99. The lowest BCUT2D eigenvalue weighted by Crippen LogP contribution is -2.50. The van der Waals surface area contributed by atoms with Crippen molar-refractivity contribution in [2.75, 3.05) is 24.5 Å². The van der Waals surface area contributed by atoms with Crippen LogP contribution in [-0.4, -0.2) is 30.7 Å². The minimum absolute atomic E-state index is 0.0954. The van der Waals surface area contributed by atoms with Crippen LogP contribution in [0.25, 0.3) is 0 Å². The SMILES string of the molecule is CCNC(=S)NNC(=O)CN1CCCc2ccccc21. The number of fused-ring (bicyclic) bond motifs is 1. The number of hydrogen-bond donors (Lipinski definition) is 3. The molecular weight excluding hydrogens is 272 g/mol. The molecule has 0 bridgehead atoms. The fourth-order valence-corrected chi connectivity index (χ4v) is 2.52. The summed E-state index contributed by atoms with van der Waals surface area (Å²) < 4.78 is 0. The number of aryl methyl sites for hydroxylation is 1. The van der Waals surface area contributed by atoms with Gasteiger partial charge in [0.25, 0.3) is 5.91 Å². The first-order valence-electron chi connectivity index (χ1n) is 6.86. The number of para-hydroxylation sites is 1. The number of benzene rings is 1. The number of nitrogens with zero attached hydrogens (tertiary/aromatic N) is 1. The maximum Gasteiger partial charge on any atom is 0.257 e. The van der Waals surface area contributed by atoms with E-state index in [1.165, 1.54) is 5.56 Å². The van der Waals surface area contributed by atoms with Crippen molar-refractivity contribution in [3.05, 3.63) is 29.8 Å². The minimum Gasteiger partial charge on any atom is -0.362 e.